The zero-order valence-corrected chi connectivity index (χ0v) is 16.2. The van der Waals surface area contributed by atoms with Crippen LogP contribution < -0.4 is 4.57 Å². The first-order valence-corrected chi connectivity index (χ1v) is 9.90. The Balaban J connectivity index is 1.73. The van der Waals surface area contributed by atoms with Gasteiger partial charge in [-0.05, 0) is 35.7 Å². The van der Waals surface area contributed by atoms with Crippen LogP contribution in [-0.4, -0.2) is 4.57 Å². The van der Waals surface area contributed by atoms with E-state index < -0.39 is 0 Å². The summed E-state index contributed by atoms with van der Waals surface area (Å²) in [6, 6.07) is 19.9. The van der Waals surface area contributed by atoms with E-state index in [2.05, 4.69) is 95.2 Å². The highest BCUT2D eigenvalue weighted by Gasteiger charge is 2.10. The summed E-state index contributed by atoms with van der Waals surface area (Å²) in [5.41, 5.74) is 5.15. The van der Waals surface area contributed by atoms with Crippen molar-refractivity contribution in [2.24, 2.45) is 7.05 Å². The number of aromatic nitrogens is 2. The van der Waals surface area contributed by atoms with E-state index in [9.17, 15) is 0 Å². The number of rotatable bonds is 6. The number of benzene rings is 2. The lowest BCUT2D eigenvalue weighted by molar-refractivity contribution is -0.671. The first kappa shape index (κ1) is 17.5. The maximum absolute atomic E-state index is 2.49. The summed E-state index contributed by atoms with van der Waals surface area (Å²) in [6.45, 7) is 3.35. The minimum absolute atomic E-state index is 1.09. The molecule has 0 fully saturated rings. The van der Waals surface area contributed by atoms with Gasteiger partial charge in [-0.3, -0.25) is 0 Å². The molecule has 0 amide bonds. The van der Waals surface area contributed by atoms with Gasteiger partial charge in [0.1, 0.15) is 7.05 Å². The average molecular weight is 356 g/mol. The van der Waals surface area contributed by atoms with Gasteiger partial charge in [-0.25, -0.2) is 4.57 Å². The van der Waals surface area contributed by atoms with Crippen LogP contribution in [0.4, 0.5) is 0 Å². The van der Waals surface area contributed by atoms with Crippen LogP contribution in [0.25, 0.3) is 34.0 Å². The van der Waals surface area contributed by atoms with Crippen LogP contribution in [0.5, 0.6) is 0 Å². The minimum atomic E-state index is 1.09. The van der Waals surface area contributed by atoms with Crippen molar-refractivity contribution < 1.29 is 4.57 Å². The molecule has 2 aromatic carbocycles. The van der Waals surface area contributed by atoms with Crippen molar-refractivity contribution in [1.29, 1.82) is 0 Å². The van der Waals surface area contributed by atoms with Gasteiger partial charge < -0.3 is 4.57 Å². The second-order valence-corrected chi connectivity index (χ2v) is 7.28. The third-order valence-corrected chi connectivity index (χ3v) is 5.25. The zero-order chi connectivity index (χ0) is 18.6. The fourth-order valence-corrected chi connectivity index (χ4v) is 3.75. The van der Waals surface area contributed by atoms with Gasteiger partial charge in [0.2, 0.25) is 0 Å². The number of hydrogen-bond donors (Lipinski definition) is 0. The molecule has 2 nitrogen and oxygen atoms in total. The lowest BCUT2D eigenvalue weighted by Gasteiger charge is -2.07. The predicted molar refractivity (Wildman–Crippen MR) is 116 cm³/mol. The van der Waals surface area contributed by atoms with Crippen LogP contribution in [0, 0.1) is 0 Å². The topological polar surface area (TPSA) is 8.81 Å². The largest absolute Gasteiger partial charge is 0.340 e. The van der Waals surface area contributed by atoms with Crippen LogP contribution in [0.1, 0.15) is 37.3 Å². The van der Waals surface area contributed by atoms with Gasteiger partial charge in [0.05, 0.1) is 0 Å². The van der Waals surface area contributed by atoms with E-state index in [0.29, 0.717) is 0 Å². The smallest absolute Gasteiger partial charge is 0.169 e. The van der Waals surface area contributed by atoms with Gasteiger partial charge in [-0.15, -0.1) is 0 Å². The van der Waals surface area contributed by atoms with Crippen molar-refractivity contribution in [3.05, 3.63) is 78.1 Å². The van der Waals surface area contributed by atoms with E-state index >= 15 is 0 Å². The Morgan fingerprint density at radius 3 is 2.37 bits per heavy atom. The molecule has 0 radical (unpaired) electrons. The Morgan fingerprint density at radius 1 is 0.815 bits per heavy atom. The van der Waals surface area contributed by atoms with E-state index in [1.165, 1.54) is 52.2 Å². The third-order valence-electron chi connectivity index (χ3n) is 5.25. The molecule has 0 aliphatic carbocycles. The molecule has 2 aromatic heterocycles. The summed E-state index contributed by atoms with van der Waals surface area (Å²) in [4.78, 5) is 0. The number of para-hydroxylation sites is 1. The van der Waals surface area contributed by atoms with Gasteiger partial charge in [0, 0.05) is 40.5 Å². The van der Waals surface area contributed by atoms with Crippen LogP contribution in [-0.2, 0) is 13.6 Å². The van der Waals surface area contributed by atoms with Crippen LogP contribution in [0.3, 0.4) is 0 Å². The zero-order valence-electron chi connectivity index (χ0n) is 16.2. The fourth-order valence-electron chi connectivity index (χ4n) is 3.75. The lowest BCUT2D eigenvalue weighted by atomic mass is 10.1. The molecule has 0 aliphatic rings. The Bertz CT molecular complexity index is 1080. The van der Waals surface area contributed by atoms with Crippen molar-refractivity contribution in [1.82, 2.24) is 4.57 Å². The SMILES string of the molecule is CCCCCn1c2ccccc2c2cc(/C=C/c3cc[n+](C)cc3)ccc21. The second-order valence-electron chi connectivity index (χ2n) is 7.28. The van der Waals surface area contributed by atoms with Crippen LogP contribution >= 0.6 is 0 Å². The summed E-state index contributed by atoms with van der Waals surface area (Å²) in [5.74, 6) is 0. The average Bonchev–Trinajstić information content (AvgIpc) is 3.01. The quantitative estimate of drug-likeness (QED) is 0.297. The lowest BCUT2D eigenvalue weighted by Crippen LogP contribution is -2.25. The highest BCUT2D eigenvalue weighted by atomic mass is 15.0. The maximum Gasteiger partial charge on any atom is 0.169 e. The number of nitrogens with zero attached hydrogens (tertiary/aromatic N) is 2. The molecule has 4 aromatic rings. The molecular weight excluding hydrogens is 328 g/mol. The van der Waals surface area contributed by atoms with Crippen LogP contribution in [0.2, 0.25) is 0 Å². The molecule has 0 N–H and O–H groups in total. The number of aryl methyl sites for hydroxylation is 2. The first-order valence-electron chi connectivity index (χ1n) is 9.90. The van der Waals surface area contributed by atoms with Gasteiger partial charge in [-0.2, -0.15) is 0 Å². The monoisotopic (exact) mass is 355 g/mol. The van der Waals surface area contributed by atoms with Crippen molar-refractivity contribution in [3.8, 4) is 0 Å². The number of hydrogen-bond acceptors (Lipinski definition) is 0. The van der Waals surface area contributed by atoms with Gasteiger partial charge in [0.25, 0.3) is 0 Å². The van der Waals surface area contributed by atoms with Gasteiger partial charge in [-0.1, -0.05) is 56.2 Å². The van der Waals surface area contributed by atoms with Crippen molar-refractivity contribution >= 4 is 34.0 Å². The van der Waals surface area contributed by atoms with E-state index in [0.717, 1.165) is 6.54 Å². The van der Waals surface area contributed by atoms with E-state index in [-0.39, 0.29) is 0 Å². The molecule has 2 heterocycles. The third kappa shape index (κ3) is 3.66. The molecule has 136 valence electrons. The Hall–Kier alpha value is -2.87. The molecule has 0 spiro atoms. The normalized spacial score (nSPS) is 11.8. The highest BCUT2D eigenvalue weighted by molar-refractivity contribution is 6.08. The summed E-state index contributed by atoms with van der Waals surface area (Å²) >= 11 is 0. The molecule has 0 saturated heterocycles. The summed E-state index contributed by atoms with van der Waals surface area (Å²) in [5, 5.41) is 2.70. The number of pyridine rings is 1. The summed E-state index contributed by atoms with van der Waals surface area (Å²) in [7, 11) is 2.04. The molecule has 4 rings (SSSR count). The number of fused-ring (bicyclic) bond motifs is 3. The van der Waals surface area contributed by atoms with E-state index in [4.69, 9.17) is 0 Å². The predicted octanol–water partition coefficient (Wildman–Crippen LogP) is 5.98. The van der Waals surface area contributed by atoms with E-state index in [1.807, 2.05) is 7.05 Å². The molecule has 0 unspecified atom stereocenters. The molecule has 0 atom stereocenters. The van der Waals surface area contributed by atoms with Crippen LogP contribution in [0.15, 0.2) is 67.0 Å². The fraction of sp³-hybridized carbons (Fsp3) is 0.240. The standard InChI is InChI=1S/C25H27N2/c1-3-4-7-16-27-24-9-6-5-8-22(24)23-19-21(12-13-25(23)27)11-10-20-14-17-26(2)18-15-20/h5-6,8-15,17-19H,3-4,7,16H2,1-2H3/q+1. The van der Waals surface area contributed by atoms with Crippen molar-refractivity contribution in [2.75, 3.05) is 0 Å². The molecular formula is C25H27N2+. The maximum atomic E-state index is 2.49. The Morgan fingerprint density at radius 2 is 1.56 bits per heavy atom. The molecule has 2 heteroatoms. The molecule has 0 aliphatic heterocycles. The molecule has 27 heavy (non-hydrogen) atoms. The van der Waals surface area contributed by atoms with Crippen molar-refractivity contribution in [3.63, 3.8) is 0 Å². The van der Waals surface area contributed by atoms with Crippen molar-refractivity contribution in [2.45, 2.75) is 32.7 Å². The Labute approximate surface area is 161 Å². The highest BCUT2D eigenvalue weighted by Crippen LogP contribution is 2.30. The first-order chi connectivity index (χ1) is 13.3. The molecule has 0 bridgehead atoms. The summed E-state index contributed by atoms with van der Waals surface area (Å²) < 4.78 is 4.54. The Kier molecular flexibility index (Phi) is 5.06. The van der Waals surface area contributed by atoms with E-state index in [1.54, 1.807) is 0 Å². The minimum Gasteiger partial charge on any atom is -0.340 e. The van der Waals surface area contributed by atoms with Gasteiger partial charge >= 0.3 is 0 Å². The second kappa shape index (κ2) is 7.79. The molecule has 0 saturated carbocycles. The number of unbranched alkanes of at least 4 members (excludes halogenated alkanes) is 2. The summed E-state index contributed by atoms with van der Waals surface area (Å²) in [6.07, 6.45) is 12.3. The van der Waals surface area contributed by atoms with Gasteiger partial charge in [0.15, 0.2) is 12.4 Å².